The number of Topliss-reactive ketones (excluding diaryl/α,β-unsaturated/α-hetero) is 1. The third-order valence-corrected chi connectivity index (χ3v) is 6.97. The minimum Gasteiger partial charge on any atom is -0.465 e. The topological polar surface area (TPSA) is 61.2 Å². The molecule has 2 atom stereocenters. The van der Waals surface area contributed by atoms with E-state index >= 15 is 0 Å². The molecule has 1 fully saturated rings. The molecule has 36 heavy (non-hydrogen) atoms. The maximum atomic E-state index is 13.3. The van der Waals surface area contributed by atoms with E-state index in [2.05, 4.69) is 41.4 Å². The van der Waals surface area contributed by atoms with Gasteiger partial charge in [-0.25, -0.2) is 4.98 Å². The van der Waals surface area contributed by atoms with Crippen molar-refractivity contribution in [3.05, 3.63) is 126 Å². The lowest BCUT2D eigenvalue weighted by Gasteiger charge is -2.37. The number of benzene rings is 3. The number of ether oxygens (including phenoxy) is 1. The van der Waals surface area contributed by atoms with Gasteiger partial charge in [0.05, 0.1) is 18.9 Å². The average molecular weight is 479 g/mol. The van der Waals surface area contributed by atoms with Gasteiger partial charge in [0, 0.05) is 12.1 Å². The van der Waals surface area contributed by atoms with E-state index < -0.39 is 5.54 Å². The molecular weight excluding hydrogens is 448 g/mol. The van der Waals surface area contributed by atoms with Gasteiger partial charge >= 0.3 is 5.97 Å². The van der Waals surface area contributed by atoms with E-state index in [0.717, 1.165) is 29.5 Å². The number of rotatable bonds is 10. The summed E-state index contributed by atoms with van der Waals surface area (Å²) in [5, 5.41) is 0. The lowest BCUT2D eigenvalue weighted by atomic mass is 9.77. The standard InChI is InChI=1S/C31H30N2O3/c1-2-3-19-36-30(35)27-20-26(27)29(34)28-21-33(22-32-28)31(23-13-7-4-8-14-23,24-15-9-5-10-16-24)25-17-11-6-12-18-25/h4-18,21-22,26-27H,2-3,19-20H2,1H3/t26-,27?/m0/s1. The molecule has 5 heteroatoms. The molecule has 1 aromatic heterocycles. The molecule has 0 spiro atoms. The quantitative estimate of drug-likeness (QED) is 0.123. The summed E-state index contributed by atoms with van der Waals surface area (Å²) in [5.41, 5.74) is 2.82. The maximum absolute atomic E-state index is 13.3. The molecule has 1 saturated carbocycles. The molecule has 1 unspecified atom stereocenters. The number of ketones is 1. The van der Waals surface area contributed by atoms with Crippen LogP contribution in [0.4, 0.5) is 0 Å². The summed E-state index contributed by atoms with van der Waals surface area (Å²) in [6.07, 6.45) is 5.88. The number of nitrogens with zero attached hydrogens (tertiary/aromatic N) is 2. The van der Waals surface area contributed by atoms with Crippen molar-refractivity contribution in [1.29, 1.82) is 0 Å². The molecule has 1 aliphatic rings. The van der Waals surface area contributed by atoms with Crippen molar-refractivity contribution in [2.24, 2.45) is 11.8 Å². The summed E-state index contributed by atoms with van der Waals surface area (Å²) in [7, 11) is 0. The molecule has 0 saturated heterocycles. The lowest BCUT2D eigenvalue weighted by Crippen LogP contribution is -2.37. The fourth-order valence-electron chi connectivity index (χ4n) is 4.98. The summed E-state index contributed by atoms with van der Waals surface area (Å²) < 4.78 is 7.36. The van der Waals surface area contributed by atoms with E-state index in [0.29, 0.717) is 18.7 Å². The number of esters is 1. The van der Waals surface area contributed by atoms with E-state index in [1.807, 2.05) is 72.3 Å². The molecular formula is C31H30N2O3. The van der Waals surface area contributed by atoms with Crippen LogP contribution >= 0.6 is 0 Å². The van der Waals surface area contributed by atoms with Crippen molar-refractivity contribution in [2.45, 2.75) is 31.7 Å². The van der Waals surface area contributed by atoms with Crippen molar-refractivity contribution in [1.82, 2.24) is 9.55 Å². The smallest absolute Gasteiger partial charge is 0.309 e. The Bertz CT molecular complexity index is 1220. The van der Waals surface area contributed by atoms with Crippen molar-refractivity contribution in [3.63, 3.8) is 0 Å². The van der Waals surface area contributed by atoms with E-state index in [1.165, 1.54) is 0 Å². The third kappa shape index (κ3) is 4.37. The first-order valence-corrected chi connectivity index (χ1v) is 12.6. The number of imidazole rings is 1. The van der Waals surface area contributed by atoms with Crippen LogP contribution in [-0.2, 0) is 15.1 Å². The Hall–Kier alpha value is -3.99. The van der Waals surface area contributed by atoms with Crippen LogP contribution in [0.2, 0.25) is 0 Å². The Morgan fingerprint density at radius 1 is 0.861 bits per heavy atom. The first-order valence-electron chi connectivity index (χ1n) is 12.6. The van der Waals surface area contributed by atoms with E-state index in [9.17, 15) is 9.59 Å². The fraction of sp³-hybridized carbons (Fsp3) is 0.258. The minimum atomic E-state index is -0.725. The number of carbonyl (C=O) groups is 2. The highest BCUT2D eigenvalue weighted by molar-refractivity contribution is 6.01. The van der Waals surface area contributed by atoms with Crippen LogP contribution in [0, 0.1) is 11.8 Å². The summed E-state index contributed by atoms with van der Waals surface area (Å²) in [6.45, 7) is 2.46. The average Bonchev–Trinajstić information content (AvgIpc) is 3.59. The van der Waals surface area contributed by atoms with Crippen molar-refractivity contribution >= 4 is 11.8 Å². The van der Waals surface area contributed by atoms with Crippen LogP contribution in [0.15, 0.2) is 104 Å². The van der Waals surface area contributed by atoms with Crippen molar-refractivity contribution in [3.8, 4) is 0 Å². The molecule has 3 aromatic carbocycles. The Balaban J connectivity index is 1.54. The molecule has 0 radical (unpaired) electrons. The maximum Gasteiger partial charge on any atom is 0.309 e. The van der Waals surface area contributed by atoms with E-state index in [1.54, 1.807) is 6.33 Å². The van der Waals surface area contributed by atoms with Crippen LogP contribution in [-0.4, -0.2) is 27.9 Å². The molecule has 182 valence electrons. The number of unbranched alkanes of at least 4 members (excludes halogenated alkanes) is 1. The van der Waals surface area contributed by atoms with Crippen LogP contribution in [0.5, 0.6) is 0 Å². The van der Waals surface area contributed by atoms with Gasteiger partial charge in [-0.2, -0.15) is 0 Å². The summed E-state index contributed by atoms with van der Waals surface area (Å²) in [5.74, 6) is -1.09. The largest absolute Gasteiger partial charge is 0.465 e. The Kier molecular flexibility index (Phi) is 6.81. The lowest BCUT2D eigenvalue weighted by molar-refractivity contribution is -0.145. The first-order chi connectivity index (χ1) is 17.7. The van der Waals surface area contributed by atoms with Gasteiger partial charge in [0.25, 0.3) is 0 Å². The Labute approximate surface area is 211 Å². The van der Waals surface area contributed by atoms with Gasteiger partial charge in [0.2, 0.25) is 0 Å². The second kappa shape index (κ2) is 10.3. The number of aromatic nitrogens is 2. The molecule has 0 N–H and O–H groups in total. The molecule has 1 aliphatic carbocycles. The Morgan fingerprint density at radius 3 is 1.89 bits per heavy atom. The van der Waals surface area contributed by atoms with Crippen LogP contribution in [0.25, 0.3) is 0 Å². The number of hydrogen-bond donors (Lipinski definition) is 0. The van der Waals surface area contributed by atoms with Crippen LogP contribution < -0.4 is 0 Å². The van der Waals surface area contributed by atoms with E-state index in [4.69, 9.17) is 4.74 Å². The van der Waals surface area contributed by atoms with Crippen molar-refractivity contribution in [2.75, 3.05) is 6.61 Å². The molecule has 0 amide bonds. The second-order valence-electron chi connectivity index (χ2n) is 9.31. The van der Waals surface area contributed by atoms with Crippen LogP contribution in [0.1, 0.15) is 53.4 Å². The minimum absolute atomic E-state index is 0.103. The highest BCUT2D eigenvalue weighted by Crippen LogP contribution is 2.43. The van der Waals surface area contributed by atoms with Gasteiger partial charge < -0.3 is 9.30 Å². The highest BCUT2D eigenvalue weighted by atomic mass is 16.5. The van der Waals surface area contributed by atoms with Gasteiger partial charge in [-0.3, -0.25) is 9.59 Å². The molecule has 1 heterocycles. The van der Waals surface area contributed by atoms with Crippen LogP contribution in [0.3, 0.4) is 0 Å². The monoisotopic (exact) mass is 478 g/mol. The van der Waals surface area contributed by atoms with Gasteiger partial charge in [-0.05, 0) is 29.5 Å². The second-order valence-corrected chi connectivity index (χ2v) is 9.31. The van der Waals surface area contributed by atoms with Crippen molar-refractivity contribution < 1.29 is 14.3 Å². The van der Waals surface area contributed by atoms with Gasteiger partial charge in [-0.15, -0.1) is 0 Å². The first kappa shape index (κ1) is 23.7. The summed E-state index contributed by atoms with van der Waals surface area (Å²) in [6, 6.07) is 30.8. The van der Waals surface area contributed by atoms with Gasteiger partial charge in [0.1, 0.15) is 11.2 Å². The summed E-state index contributed by atoms with van der Waals surface area (Å²) >= 11 is 0. The zero-order valence-corrected chi connectivity index (χ0v) is 20.4. The molecule has 0 aliphatic heterocycles. The third-order valence-electron chi connectivity index (χ3n) is 6.97. The van der Waals surface area contributed by atoms with E-state index in [-0.39, 0.29) is 23.6 Å². The predicted molar refractivity (Wildman–Crippen MR) is 139 cm³/mol. The normalized spacial score (nSPS) is 16.9. The van der Waals surface area contributed by atoms with Gasteiger partial charge in [0.15, 0.2) is 5.78 Å². The molecule has 4 aromatic rings. The molecule has 5 nitrogen and oxygen atoms in total. The number of carbonyl (C=O) groups excluding carboxylic acids is 2. The number of hydrogen-bond acceptors (Lipinski definition) is 4. The molecule has 0 bridgehead atoms. The zero-order valence-electron chi connectivity index (χ0n) is 20.4. The summed E-state index contributed by atoms with van der Waals surface area (Å²) in [4.78, 5) is 30.2. The fourth-order valence-corrected chi connectivity index (χ4v) is 4.98. The predicted octanol–water partition coefficient (Wildman–Crippen LogP) is 5.89. The van der Waals surface area contributed by atoms with Gasteiger partial charge in [-0.1, -0.05) is 104 Å². The Morgan fingerprint density at radius 2 is 1.39 bits per heavy atom. The SMILES string of the molecule is CCCCOC(=O)C1C[C@@H]1C(=O)c1cn(C(c2ccccc2)(c2ccccc2)c2ccccc2)cn1. The molecule has 5 rings (SSSR count). The zero-order chi connectivity index (χ0) is 25.0. The highest BCUT2D eigenvalue weighted by Gasteiger charge is 2.50.